The number of hydrogen-bond acceptors (Lipinski definition) is 4. The van der Waals surface area contributed by atoms with E-state index in [4.69, 9.17) is 9.47 Å². The monoisotopic (exact) mass is 335 g/mol. The third kappa shape index (κ3) is 5.06. The van der Waals surface area contributed by atoms with Crippen molar-refractivity contribution in [2.45, 2.75) is 39.7 Å². The first kappa shape index (κ1) is 20.2. The van der Waals surface area contributed by atoms with E-state index < -0.39 is 0 Å². The Kier molecular flexibility index (Phi) is 8.47. The average Bonchev–Trinajstić information content (AvgIpc) is 3.02. The molecular weight excluding hydrogens is 306 g/mol. The molecule has 1 aliphatic rings. The van der Waals surface area contributed by atoms with E-state index in [1.165, 1.54) is 0 Å². The summed E-state index contributed by atoms with van der Waals surface area (Å²) in [5, 5.41) is 0. The number of likely N-dealkylation sites (tertiary alicyclic amines) is 1. The van der Waals surface area contributed by atoms with E-state index in [1.54, 1.807) is 19.1 Å². The summed E-state index contributed by atoms with van der Waals surface area (Å²) in [6.07, 6.45) is 0.683. The predicted molar refractivity (Wildman–Crippen MR) is 94.1 cm³/mol. The molecule has 1 aromatic carbocycles. The van der Waals surface area contributed by atoms with Gasteiger partial charge in [0.2, 0.25) is 5.91 Å². The Bertz CT molecular complexity index is 527. The molecule has 134 valence electrons. The Hall–Kier alpha value is -1.88. The fraction of sp³-hybridized carbons (Fsp3) is 0.579. The minimum Gasteiger partial charge on any atom is -0.497 e. The molecule has 0 spiro atoms. The molecule has 0 aromatic heterocycles. The Labute approximate surface area is 144 Å². The third-order valence-electron chi connectivity index (χ3n) is 4.23. The zero-order valence-electron chi connectivity index (χ0n) is 15.4. The molecule has 1 saturated heterocycles. The number of carbonyl (C=O) groups excluding carboxylic acids is 2. The number of rotatable bonds is 7. The van der Waals surface area contributed by atoms with Gasteiger partial charge in [0.15, 0.2) is 0 Å². The molecule has 0 bridgehead atoms. The highest BCUT2D eigenvalue weighted by molar-refractivity contribution is 5.90. The van der Waals surface area contributed by atoms with Gasteiger partial charge in [-0.25, -0.2) is 0 Å². The summed E-state index contributed by atoms with van der Waals surface area (Å²) in [6.45, 7) is 6.90. The maximum absolute atomic E-state index is 12.2. The van der Waals surface area contributed by atoms with Gasteiger partial charge in [-0.2, -0.15) is 0 Å². The predicted octanol–water partition coefficient (Wildman–Crippen LogP) is 3.24. The summed E-state index contributed by atoms with van der Waals surface area (Å²) < 4.78 is 10.1. The van der Waals surface area contributed by atoms with Crippen molar-refractivity contribution < 1.29 is 19.1 Å². The molecule has 5 heteroatoms. The fourth-order valence-corrected chi connectivity index (χ4v) is 2.79. The summed E-state index contributed by atoms with van der Waals surface area (Å²) in [5.41, 5.74) is 1.04. The van der Waals surface area contributed by atoms with Gasteiger partial charge in [0.25, 0.3) is 0 Å². The zero-order valence-corrected chi connectivity index (χ0v) is 15.4. The maximum atomic E-state index is 12.2. The van der Waals surface area contributed by atoms with Gasteiger partial charge < -0.3 is 14.4 Å². The van der Waals surface area contributed by atoms with Crippen LogP contribution in [-0.4, -0.2) is 44.0 Å². The molecule has 2 unspecified atom stereocenters. The largest absolute Gasteiger partial charge is 0.497 e. The Morgan fingerprint density at radius 1 is 1.25 bits per heavy atom. The second kappa shape index (κ2) is 10.1. The number of nitrogens with zero attached hydrogens (tertiary/aromatic N) is 1. The van der Waals surface area contributed by atoms with E-state index in [-0.39, 0.29) is 23.7 Å². The van der Waals surface area contributed by atoms with Crippen LogP contribution in [0.25, 0.3) is 0 Å². The van der Waals surface area contributed by atoms with Crippen molar-refractivity contribution in [2.24, 2.45) is 5.92 Å². The topological polar surface area (TPSA) is 55.8 Å². The Balaban J connectivity index is 0.00000139. The van der Waals surface area contributed by atoms with E-state index in [0.29, 0.717) is 26.0 Å². The number of amides is 1. The van der Waals surface area contributed by atoms with Crippen LogP contribution in [0.15, 0.2) is 24.3 Å². The van der Waals surface area contributed by atoms with Gasteiger partial charge in [-0.3, -0.25) is 9.59 Å². The number of ether oxygens (including phenoxy) is 2. The molecule has 0 radical (unpaired) electrons. The fourth-order valence-electron chi connectivity index (χ4n) is 2.79. The molecular formula is C19H29NO4. The van der Waals surface area contributed by atoms with Crippen LogP contribution in [0, 0.1) is 5.92 Å². The number of methoxy groups -OCH3 is 2. The SMILES string of the molecule is CC.COCCC(=O)C1CC(=O)N(C(C)c2ccc(OC)cc2)C1. The molecule has 1 amide bonds. The van der Waals surface area contributed by atoms with E-state index >= 15 is 0 Å². The van der Waals surface area contributed by atoms with Crippen LogP contribution in [-0.2, 0) is 14.3 Å². The Morgan fingerprint density at radius 2 is 1.88 bits per heavy atom. The summed E-state index contributed by atoms with van der Waals surface area (Å²) in [6, 6.07) is 7.63. The molecule has 5 nitrogen and oxygen atoms in total. The minimum absolute atomic E-state index is 0.0408. The molecule has 0 saturated carbocycles. The van der Waals surface area contributed by atoms with Crippen molar-refractivity contribution in [3.63, 3.8) is 0 Å². The quantitative estimate of drug-likeness (QED) is 0.767. The van der Waals surface area contributed by atoms with Crippen LogP contribution < -0.4 is 4.74 Å². The first-order valence-electron chi connectivity index (χ1n) is 8.52. The van der Waals surface area contributed by atoms with Crippen LogP contribution in [0.3, 0.4) is 0 Å². The standard InChI is InChI=1S/C17H23NO4.C2H6/c1-12(13-4-6-15(22-3)7-5-13)18-11-14(10-17(18)20)16(19)8-9-21-2;1-2/h4-7,12,14H,8-11H2,1-3H3;1-2H3. The van der Waals surface area contributed by atoms with Crippen LogP contribution in [0.2, 0.25) is 0 Å². The van der Waals surface area contributed by atoms with Gasteiger partial charge in [0, 0.05) is 32.4 Å². The summed E-state index contributed by atoms with van der Waals surface area (Å²) in [7, 11) is 3.20. The lowest BCUT2D eigenvalue weighted by molar-refractivity contribution is -0.130. The zero-order chi connectivity index (χ0) is 18.1. The molecule has 1 heterocycles. The van der Waals surface area contributed by atoms with Crippen molar-refractivity contribution >= 4 is 11.7 Å². The highest BCUT2D eigenvalue weighted by Crippen LogP contribution is 2.30. The molecule has 1 aliphatic heterocycles. The third-order valence-corrected chi connectivity index (χ3v) is 4.23. The van der Waals surface area contributed by atoms with E-state index in [1.807, 2.05) is 45.0 Å². The highest BCUT2D eigenvalue weighted by Gasteiger charge is 2.36. The van der Waals surface area contributed by atoms with Crippen LogP contribution in [0.4, 0.5) is 0 Å². The lowest BCUT2D eigenvalue weighted by atomic mass is 10.0. The van der Waals surface area contributed by atoms with Gasteiger partial charge in [0.1, 0.15) is 11.5 Å². The number of Topliss-reactive ketones (excluding diaryl/α,β-unsaturated/α-hetero) is 1. The lowest BCUT2D eigenvalue weighted by Crippen LogP contribution is -2.29. The van der Waals surface area contributed by atoms with Crippen LogP contribution >= 0.6 is 0 Å². The van der Waals surface area contributed by atoms with E-state index in [2.05, 4.69) is 0 Å². The number of carbonyl (C=O) groups is 2. The van der Waals surface area contributed by atoms with E-state index in [9.17, 15) is 9.59 Å². The van der Waals surface area contributed by atoms with Gasteiger partial charge in [-0.05, 0) is 24.6 Å². The van der Waals surface area contributed by atoms with Gasteiger partial charge >= 0.3 is 0 Å². The number of hydrogen-bond donors (Lipinski definition) is 0. The summed E-state index contributed by atoms with van der Waals surface area (Å²) in [5.74, 6) is 0.735. The van der Waals surface area contributed by atoms with Crippen LogP contribution in [0.5, 0.6) is 5.75 Å². The molecule has 24 heavy (non-hydrogen) atoms. The molecule has 2 rings (SSSR count). The normalized spacial score (nSPS) is 18.0. The van der Waals surface area contributed by atoms with Crippen molar-refractivity contribution in [3.05, 3.63) is 29.8 Å². The van der Waals surface area contributed by atoms with Gasteiger partial charge in [0.05, 0.1) is 19.8 Å². The first-order chi connectivity index (χ1) is 11.6. The van der Waals surface area contributed by atoms with E-state index in [0.717, 1.165) is 11.3 Å². The van der Waals surface area contributed by atoms with Gasteiger partial charge in [-0.15, -0.1) is 0 Å². The van der Waals surface area contributed by atoms with Crippen molar-refractivity contribution in [3.8, 4) is 5.75 Å². The smallest absolute Gasteiger partial charge is 0.223 e. The van der Waals surface area contributed by atoms with Crippen molar-refractivity contribution in [1.82, 2.24) is 4.90 Å². The second-order valence-corrected chi connectivity index (χ2v) is 5.61. The molecule has 0 N–H and O–H groups in total. The Morgan fingerprint density at radius 3 is 2.42 bits per heavy atom. The summed E-state index contributed by atoms with van der Waals surface area (Å²) in [4.78, 5) is 26.1. The molecule has 2 atom stereocenters. The number of ketones is 1. The van der Waals surface area contributed by atoms with Gasteiger partial charge in [-0.1, -0.05) is 26.0 Å². The minimum atomic E-state index is -0.205. The average molecular weight is 335 g/mol. The molecule has 1 aromatic rings. The van der Waals surface area contributed by atoms with Crippen molar-refractivity contribution in [2.75, 3.05) is 27.4 Å². The molecule has 1 fully saturated rings. The first-order valence-corrected chi connectivity index (χ1v) is 8.52. The second-order valence-electron chi connectivity index (χ2n) is 5.61. The van der Waals surface area contributed by atoms with Crippen LogP contribution in [0.1, 0.15) is 45.2 Å². The molecule has 0 aliphatic carbocycles. The lowest BCUT2D eigenvalue weighted by Gasteiger charge is -2.25. The van der Waals surface area contributed by atoms with Crippen molar-refractivity contribution in [1.29, 1.82) is 0 Å². The maximum Gasteiger partial charge on any atom is 0.223 e. The highest BCUT2D eigenvalue weighted by atomic mass is 16.5. The summed E-state index contributed by atoms with van der Waals surface area (Å²) >= 11 is 0. The number of benzene rings is 1.